The highest BCUT2D eigenvalue weighted by atomic mass is 15.3. The number of hydrogen-bond acceptors (Lipinski definition) is 3. The van der Waals surface area contributed by atoms with Crippen molar-refractivity contribution in [1.29, 1.82) is 0 Å². The summed E-state index contributed by atoms with van der Waals surface area (Å²) < 4.78 is 2.04. The van der Waals surface area contributed by atoms with Gasteiger partial charge in [0.2, 0.25) is 0 Å². The van der Waals surface area contributed by atoms with E-state index in [1.165, 1.54) is 19.4 Å². The fourth-order valence-corrected chi connectivity index (χ4v) is 2.21. The molecule has 84 valence electrons. The zero-order chi connectivity index (χ0) is 10.7. The standard InChI is InChI=1S/C11H20N4/c1-9(2)15-11(13-8-14-15)6-10-4-3-5-12-7-10/h8-10,12H,3-7H2,1-2H3. The molecular weight excluding hydrogens is 188 g/mol. The number of nitrogens with one attached hydrogen (secondary N) is 1. The molecule has 2 heterocycles. The molecule has 4 heteroatoms. The van der Waals surface area contributed by atoms with Gasteiger partial charge in [0.15, 0.2) is 0 Å². The first-order valence-electron chi connectivity index (χ1n) is 5.86. The second-order valence-electron chi connectivity index (χ2n) is 4.63. The molecule has 0 spiro atoms. The Hall–Kier alpha value is -0.900. The number of piperidine rings is 1. The molecule has 0 saturated carbocycles. The average Bonchev–Trinajstić information content (AvgIpc) is 2.67. The van der Waals surface area contributed by atoms with E-state index in [2.05, 4.69) is 29.2 Å². The maximum absolute atomic E-state index is 4.36. The van der Waals surface area contributed by atoms with Crippen molar-refractivity contribution in [2.45, 2.75) is 39.2 Å². The SMILES string of the molecule is CC(C)n1ncnc1CC1CCCNC1. The lowest BCUT2D eigenvalue weighted by atomic mass is 9.96. The average molecular weight is 208 g/mol. The third-order valence-electron chi connectivity index (χ3n) is 3.01. The van der Waals surface area contributed by atoms with Gasteiger partial charge < -0.3 is 5.32 Å². The Kier molecular flexibility index (Phi) is 3.36. The molecule has 0 amide bonds. The van der Waals surface area contributed by atoms with Gasteiger partial charge in [0, 0.05) is 12.5 Å². The van der Waals surface area contributed by atoms with Crippen molar-refractivity contribution >= 4 is 0 Å². The summed E-state index contributed by atoms with van der Waals surface area (Å²) in [6.07, 6.45) is 5.34. The second-order valence-corrected chi connectivity index (χ2v) is 4.63. The highest BCUT2D eigenvalue weighted by Gasteiger charge is 2.17. The van der Waals surface area contributed by atoms with Crippen LogP contribution in [0.3, 0.4) is 0 Å². The smallest absolute Gasteiger partial charge is 0.138 e. The minimum Gasteiger partial charge on any atom is -0.316 e. The third kappa shape index (κ3) is 2.56. The topological polar surface area (TPSA) is 42.7 Å². The maximum atomic E-state index is 4.36. The van der Waals surface area contributed by atoms with Crippen molar-refractivity contribution in [3.05, 3.63) is 12.2 Å². The molecule has 1 N–H and O–H groups in total. The highest BCUT2D eigenvalue weighted by molar-refractivity contribution is 4.90. The molecule has 0 aliphatic carbocycles. The molecule has 4 nitrogen and oxygen atoms in total. The minimum absolute atomic E-state index is 0.416. The van der Waals surface area contributed by atoms with Crippen molar-refractivity contribution in [2.24, 2.45) is 5.92 Å². The van der Waals surface area contributed by atoms with Crippen LogP contribution >= 0.6 is 0 Å². The van der Waals surface area contributed by atoms with Crippen LogP contribution in [0, 0.1) is 5.92 Å². The zero-order valence-electron chi connectivity index (χ0n) is 9.61. The fraction of sp³-hybridized carbons (Fsp3) is 0.818. The van der Waals surface area contributed by atoms with E-state index >= 15 is 0 Å². The predicted octanol–water partition coefficient (Wildman–Crippen LogP) is 1.40. The van der Waals surface area contributed by atoms with Gasteiger partial charge in [0.1, 0.15) is 12.2 Å². The van der Waals surface area contributed by atoms with E-state index in [1.807, 2.05) is 4.68 Å². The van der Waals surface area contributed by atoms with Gasteiger partial charge in [0.05, 0.1) is 0 Å². The van der Waals surface area contributed by atoms with Gasteiger partial charge >= 0.3 is 0 Å². The van der Waals surface area contributed by atoms with Crippen molar-refractivity contribution in [3.8, 4) is 0 Å². The first kappa shape index (κ1) is 10.6. The summed E-state index contributed by atoms with van der Waals surface area (Å²) >= 11 is 0. The van der Waals surface area contributed by atoms with Gasteiger partial charge in [-0.1, -0.05) is 0 Å². The maximum Gasteiger partial charge on any atom is 0.138 e. The largest absolute Gasteiger partial charge is 0.316 e. The summed E-state index contributed by atoms with van der Waals surface area (Å²) in [4.78, 5) is 4.36. The van der Waals surface area contributed by atoms with Gasteiger partial charge in [-0.2, -0.15) is 5.10 Å². The minimum atomic E-state index is 0.416. The molecular formula is C11H20N4. The Morgan fingerprint density at radius 3 is 3.13 bits per heavy atom. The Morgan fingerprint density at radius 2 is 2.47 bits per heavy atom. The van der Waals surface area contributed by atoms with Crippen LogP contribution in [0.5, 0.6) is 0 Å². The summed E-state index contributed by atoms with van der Waals surface area (Å²) in [5.74, 6) is 1.87. The van der Waals surface area contributed by atoms with Crippen molar-refractivity contribution in [1.82, 2.24) is 20.1 Å². The van der Waals surface area contributed by atoms with Crippen molar-refractivity contribution < 1.29 is 0 Å². The second kappa shape index (κ2) is 4.75. The van der Waals surface area contributed by atoms with E-state index in [9.17, 15) is 0 Å². The van der Waals surface area contributed by atoms with E-state index in [1.54, 1.807) is 6.33 Å². The van der Waals surface area contributed by atoms with E-state index in [0.29, 0.717) is 6.04 Å². The van der Waals surface area contributed by atoms with Gasteiger partial charge in [-0.15, -0.1) is 0 Å². The lowest BCUT2D eigenvalue weighted by molar-refractivity contribution is 0.359. The van der Waals surface area contributed by atoms with E-state index in [0.717, 1.165) is 24.7 Å². The van der Waals surface area contributed by atoms with Crippen LogP contribution < -0.4 is 5.32 Å². The Morgan fingerprint density at radius 1 is 1.60 bits per heavy atom. The van der Waals surface area contributed by atoms with E-state index in [-0.39, 0.29) is 0 Å². The number of nitrogens with zero attached hydrogens (tertiary/aromatic N) is 3. The summed E-state index contributed by atoms with van der Waals surface area (Å²) in [6, 6.07) is 0.416. The highest BCUT2D eigenvalue weighted by Crippen LogP contribution is 2.16. The molecule has 1 aliphatic rings. The van der Waals surface area contributed by atoms with Gasteiger partial charge in [-0.25, -0.2) is 9.67 Å². The Balaban J connectivity index is 1.99. The summed E-state index contributed by atoms with van der Waals surface area (Å²) in [5, 5.41) is 7.70. The summed E-state index contributed by atoms with van der Waals surface area (Å²) in [7, 11) is 0. The molecule has 0 bridgehead atoms. The van der Waals surface area contributed by atoms with Gasteiger partial charge in [0.25, 0.3) is 0 Å². The molecule has 1 aromatic rings. The first-order valence-corrected chi connectivity index (χ1v) is 5.86. The summed E-state index contributed by atoms with van der Waals surface area (Å²) in [6.45, 7) is 6.60. The van der Waals surface area contributed by atoms with Crippen LogP contribution in [-0.2, 0) is 6.42 Å². The van der Waals surface area contributed by atoms with E-state index in [4.69, 9.17) is 0 Å². The fourth-order valence-electron chi connectivity index (χ4n) is 2.21. The van der Waals surface area contributed by atoms with E-state index < -0.39 is 0 Å². The molecule has 1 aromatic heterocycles. The Bertz CT molecular complexity index is 299. The van der Waals surface area contributed by atoms with Gasteiger partial charge in [-0.05, 0) is 45.7 Å². The molecule has 1 unspecified atom stereocenters. The van der Waals surface area contributed by atoms with Crippen LogP contribution in [-0.4, -0.2) is 27.9 Å². The number of rotatable bonds is 3. The lowest BCUT2D eigenvalue weighted by Crippen LogP contribution is -2.31. The summed E-state index contributed by atoms with van der Waals surface area (Å²) in [5.41, 5.74) is 0. The number of aromatic nitrogens is 3. The van der Waals surface area contributed by atoms with Crippen LogP contribution in [0.2, 0.25) is 0 Å². The van der Waals surface area contributed by atoms with Crippen molar-refractivity contribution in [3.63, 3.8) is 0 Å². The number of hydrogen-bond donors (Lipinski definition) is 1. The Labute approximate surface area is 91.1 Å². The van der Waals surface area contributed by atoms with Crippen molar-refractivity contribution in [2.75, 3.05) is 13.1 Å². The van der Waals surface area contributed by atoms with Crippen LogP contribution in [0.15, 0.2) is 6.33 Å². The molecule has 1 saturated heterocycles. The quantitative estimate of drug-likeness (QED) is 0.816. The monoisotopic (exact) mass is 208 g/mol. The first-order chi connectivity index (χ1) is 7.27. The molecule has 15 heavy (non-hydrogen) atoms. The molecule has 0 radical (unpaired) electrons. The molecule has 1 aliphatic heterocycles. The molecule has 1 atom stereocenters. The predicted molar refractivity (Wildman–Crippen MR) is 59.7 cm³/mol. The third-order valence-corrected chi connectivity index (χ3v) is 3.01. The molecule has 0 aromatic carbocycles. The molecule has 1 fully saturated rings. The molecule has 2 rings (SSSR count). The lowest BCUT2D eigenvalue weighted by Gasteiger charge is -2.22. The normalized spacial score (nSPS) is 22.2. The van der Waals surface area contributed by atoms with Crippen LogP contribution in [0.25, 0.3) is 0 Å². The zero-order valence-corrected chi connectivity index (χ0v) is 9.61. The van der Waals surface area contributed by atoms with Gasteiger partial charge in [-0.3, -0.25) is 0 Å². The van der Waals surface area contributed by atoms with Crippen LogP contribution in [0.1, 0.15) is 38.6 Å². The van der Waals surface area contributed by atoms with Crippen LogP contribution in [0.4, 0.5) is 0 Å².